The Morgan fingerprint density at radius 1 is 1.57 bits per heavy atom. The second-order valence-corrected chi connectivity index (χ2v) is 3.77. The van der Waals surface area contributed by atoms with E-state index in [-0.39, 0.29) is 5.56 Å². The molecule has 1 unspecified atom stereocenters. The van der Waals surface area contributed by atoms with E-state index >= 15 is 0 Å². The van der Waals surface area contributed by atoms with Crippen molar-refractivity contribution < 1.29 is 0 Å². The van der Waals surface area contributed by atoms with Gasteiger partial charge in [0.25, 0.3) is 0 Å². The second-order valence-electron chi connectivity index (χ2n) is 3.77. The van der Waals surface area contributed by atoms with E-state index < -0.39 is 0 Å². The molecule has 76 valence electrons. The molecule has 14 heavy (non-hydrogen) atoms. The highest BCUT2D eigenvalue weighted by atomic mass is 16.1. The summed E-state index contributed by atoms with van der Waals surface area (Å²) in [4.78, 5) is 16.1. The standard InChI is InChI=1S/C11H16N2O/c1-2-13-7-3-4-10(13)9-5-6-11(14)12-8-9/h5-6,8,10H,2-4,7H2,1H3,(H,12,14). The van der Waals surface area contributed by atoms with Crippen LogP contribution in [0.5, 0.6) is 0 Å². The van der Waals surface area contributed by atoms with Crippen LogP contribution < -0.4 is 5.56 Å². The van der Waals surface area contributed by atoms with Gasteiger partial charge in [-0.25, -0.2) is 0 Å². The van der Waals surface area contributed by atoms with Gasteiger partial charge in [-0.1, -0.05) is 13.0 Å². The average Bonchev–Trinajstić information content (AvgIpc) is 2.67. The maximum atomic E-state index is 10.9. The molecule has 1 fully saturated rings. The number of H-pyrrole nitrogens is 1. The third-order valence-electron chi connectivity index (χ3n) is 2.96. The number of aromatic amines is 1. The molecule has 1 aromatic rings. The molecule has 0 aromatic carbocycles. The van der Waals surface area contributed by atoms with Crippen molar-refractivity contribution in [3.05, 3.63) is 34.2 Å². The lowest BCUT2D eigenvalue weighted by Gasteiger charge is -2.22. The first-order chi connectivity index (χ1) is 6.81. The van der Waals surface area contributed by atoms with Crippen LogP contribution in [0.3, 0.4) is 0 Å². The number of pyridine rings is 1. The van der Waals surface area contributed by atoms with Crippen LogP contribution in [0.2, 0.25) is 0 Å². The summed E-state index contributed by atoms with van der Waals surface area (Å²) in [5, 5.41) is 0. The zero-order chi connectivity index (χ0) is 9.97. The molecule has 1 aromatic heterocycles. The highest BCUT2D eigenvalue weighted by Gasteiger charge is 2.24. The zero-order valence-electron chi connectivity index (χ0n) is 8.49. The van der Waals surface area contributed by atoms with Gasteiger partial charge >= 0.3 is 0 Å². The fourth-order valence-corrected chi connectivity index (χ4v) is 2.21. The Morgan fingerprint density at radius 2 is 2.43 bits per heavy atom. The monoisotopic (exact) mass is 192 g/mol. The lowest BCUT2D eigenvalue weighted by Crippen LogP contribution is -2.23. The fraction of sp³-hybridized carbons (Fsp3) is 0.545. The number of hydrogen-bond acceptors (Lipinski definition) is 2. The first kappa shape index (κ1) is 9.46. The van der Waals surface area contributed by atoms with E-state index in [2.05, 4.69) is 16.8 Å². The van der Waals surface area contributed by atoms with Crippen LogP contribution in [0.1, 0.15) is 31.4 Å². The van der Waals surface area contributed by atoms with Crippen LogP contribution in [0, 0.1) is 0 Å². The van der Waals surface area contributed by atoms with Crippen molar-refractivity contribution in [2.24, 2.45) is 0 Å². The number of rotatable bonds is 2. The summed E-state index contributed by atoms with van der Waals surface area (Å²) in [7, 11) is 0. The number of nitrogens with one attached hydrogen (secondary N) is 1. The molecule has 0 saturated carbocycles. The summed E-state index contributed by atoms with van der Waals surface area (Å²) in [6.07, 6.45) is 4.32. The minimum absolute atomic E-state index is 0.0187. The normalized spacial score (nSPS) is 22.8. The summed E-state index contributed by atoms with van der Waals surface area (Å²) >= 11 is 0. The Balaban J connectivity index is 2.21. The molecule has 0 aliphatic carbocycles. The van der Waals surface area contributed by atoms with E-state index in [1.165, 1.54) is 24.9 Å². The van der Waals surface area contributed by atoms with Crippen molar-refractivity contribution in [1.82, 2.24) is 9.88 Å². The van der Waals surface area contributed by atoms with Crippen LogP contribution in [0.25, 0.3) is 0 Å². The van der Waals surface area contributed by atoms with Crippen LogP contribution in [0.4, 0.5) is 0 Å². The van der Waals surface area contributed by atoms with Gasteiger partial charge < -0.3 is 4.98 Å². The van der Waals surface area contributed by atoms with Gasteiger partial charge in [-0.05, 0) is 31.5 Å². The Kier molecular flexibility index (Phi) is 2.68. The third-order valence-corrected chi connectivity index (χ3v) is 2.96. The minimum Gasteiger partial charge on any atom is -0.329 e. The molecule has 2 heterocycles. The predicted molar refractivity (Wildman–Crippen MR) is 56.3 cm³/mol. The first-order valence-corrected chi connectivity index (χ1v) is 5.24. The van der Waals surface area contributed by atoms with Crippen LogP contribution in [-0.4, -0.2) is 23.0 Å². The van der Waals surface area contributed by atoms with Crippen molar-refractivity contribution in [1.29, 1.82) is 0 Å². The van der Waals surface area contributed by atoms with E-state index in [0.717, 1.165) is 6.54 Å². The van der Waals surface area contributed by atoms with E-state index in [1.54, 1.807) is 6.07 Å². The molecule has 1 saturated heterocycles. The first-order valence-electron chi connectivity index (χ1n) is 5.24. The second kappa shape index (κ2) is 3.96. The molecule has 1 aliphatic rings. The van der Waals surface area contributed by atoms with E-state index in [9.17, 15) is 4.79 Å². The van der Waals surface area contributed by atoms with E-state index in [1.807, 2.05) is 12.3 Å². The molecule has 2 rings (SSSR count). The lowest BCUT2D eigenvalue weighted by atomic mass is 10.1. The lowest BCUT2D eigenvalue weighted by molar-refractivity contribution is 0.271. The molecule has 1 aliphatic heterocycles. The highest BCUT2D eigenvalue weighted by molar-refractivity contribution is 5.15. The topological polar surface area (TPSA) is 36.1 Å². The third kappa shape index (κ3) is 1.73. The Bertz CT molecular complexity index is 338. The summed E-state index contributed by atoms with van der Waals surface area (Å²) < 4.78 is 0. The molecule has 0 amide bonds. The quantitative estimate of drug-likeness (QED) is 0.771. The summed E-state index contributed by atoms with van der Waals surface area (Å²) in [5.74, 6) is 0. The van der Waals surface area contributed by atoms with Gasteiger partial charge in [0.05, 0.1) is 0 Å². The summed E-state index contributed by atoms with van der Waals surface area (Å²) in [5.41, 5.74) is 1.22. The molecular weight excluding hydrogens is 176 g/mol. The van der Waals surface area contributed by atoms with Crippen LogP contribution in [0.15, 0.2) is 23.1 Å². The smallest absolute Gasteiger partial charge is 0.247 e. The molecule has 1 N–H and O–H groups in total. The van der Waals surface area contributed by atoms with Crippen LogP contribution >= 0.6 is 0 Å². The fourth-order valence-electron chi connectivity index (χ4n) is 2.21. The number of hydrogen-bond donors (Lipinski definition) is 1. The Hall–Kier alpha value is -1.09. The minimum atomic E-state index is -0.0187. The van der Waals surface area contributed by atoms with Gasteiger partial charge in [0, 0.05) is 18.3 Å². The summed E-state index contributed by atoms with van der Waals surface area (Å²) in [6, 6.07) is 4.07. The molecule has 1 atom stereocenters. The van der Waals surface area contributed by atoms with E-state index in [4.69, 9.17) is 0 Å². The largest absolute Gasteiger partial charge is 0.329 e. The van der Waals surface area contributed by atoms with Crippen molar-refractivity contribution in [3.63, 3.8) is 0 Å². The summed E-state index contributed by atoms with van der Waals surface area (Å²) in [6.45, 7) is 4.45. The number of nitrogens with zero attached hydrogens (tertiary/aromatic N) is 1. The predicted octanol–water partition coefficient (Wildman–Crippen LogP) is 1.53. The molecule has 0 radical (unpaired) electrons. The van der Waals surface area contributed by atoms with E-state index in [0.29, 0.717) is 6.04 Å². The molecule has 3 heteroatoms. The van der Waals surface area contributed by atoms with Crippen molar-refractivity contribution in [2.75, 3.05) is 13.1 Å². The molecule has 3 nitrogen and oxygen atoms in total. The van der Waals surface area contributed by atoms with Crippen molar-refractivity contribution in [2.45, 2.75) is 25.8 Å². The maximum Gasteiger partial charge on any atom is 0.247 e. The van der Waals surface area contributed by atoms with Crippen LogP contribution in [-0.2, 0) is 0 Å². The molecule has 0 bridgehead atoms. The van der Waals surface area contributed by atoms with Gasteiger partial charge in [-0.2, -0.15) is 0 Å². The molecular formula is C11H16N2O. The van der Waals surface area contributed by atoms with Gasteiger partial charge in [0.15, 0.2) is 0 Å². The van der Waals surface area contributed by atoms with Crippen molar-refractivity contribution >= 4 is 0 Å². The van der Waals surface area contributed by atoms with Gasteiger partial charge in [-0.3, -0.25) is 9.69 Å². The highest BCUT2D eigenvalue weighted by Crippen LogP contribution is 2.30. The van der Waals surface area contributed by atoms with Gasteiger partial charge in [-0.15, -0.1) is 0 Å². The van der Waals surface area contributed by atoms with Crippen molar-refractivity contribution in [3.8, 4) is 0 Å². The zero-order valence-corrected chi connectivity index (χ0v) is 8.49. The number of likely N-dealkylation sites (tertiary alicyclic amines) is 1. The molecule has 0 spiro atoms. The SMILES string of the molecule is CCN1CCCC1c1ccc(=O)[nH]c1. The van der Waals surface area contributed by atoms with Gasteiger partial charge in [0.1, 0.15) is 0 Å². The van der Waals surface area contributed by atoms with Gasteiger partial charge in [0.2, 0.25) is 5.56 Å². The average molecular weight is 192 g/mol. The number of aromatic nitrogens is 1. The maximum absolute atomic E-state index is 10.9. The Morgan fingerprint density at radius 3 is 3.07 bits per heavy atom. The Labute approximate surface area is 83.8 Å².